The number of carbonyl (C=O) groups excluding carboxylic acids is 2. The van der Waals surface area contributed by atoms with Gasteiger partial charge in [-0.3, -0.25) is 4.79 Å². The number of rotatable bonds is 8. The van der Waals surface area contributed by atoms with Crippen molar-refractivity contribution in [2.75, 3.05) is 13.2 Å². The Morgan fingerprint density at radius 3 is 2.69 bits per heavy atom. The van der Waals surface area contributed by atoms with Crippen LogP contribution in [-0.4, -0.2) is 30.2 Å². The van der Waals surface area contributed by atoms with Crippen molar-refractivity contribution in [1.29, 1.82) is 0 Å². The van der Waals surface area contributed by atoms with Crippen LogP contribution in [0.1, 0.15) is 41.2 Å². The van der Waals surface area contributed by atoms with Gasteiger partial charge in [0.15, 0.2) is 6.61 Å². The maximum Gasteiger partial charge on any atom is 0.338 e. The molecule has 0 saturated heterocycles. The lowest BCUT2D eigenvalue weighted by molar-refractivity contribution is -0.124. The molecule has 0 spiro atoms. The molecule has 0 aliphatic carbocycles. The van der Waals surface area contributed by atoms with Gasteiger partial charge in [-0.2, -0.15) is 0 Å². The van der Waals surface area contributed by atoms with Crippen LogP contribution in [0.2, 0.25) is 0 Å². The van der Waals surface area contributed by atoms with Gasteiger partial charge in [-0.15, -0.1) is 0 Å². The normalized spacial score (nSPS) is 10.7. The lowest BCUT2D eigenvalue weighted by atomic mass is 10.2. The third kappa shape index (κ3) is 5.61. The van der Waals surface area contributed by atoms with Gasteiger partial charge in [0, 0.05) is 6.54 Å². The third-order valence-corrected chi connectivity index (χ3v) is 3.68. The molecule has 7 heteroatoms. The average molecular weight is 360 g/mol. The summed E-state index contributed by atoms with van der Waals surface area (Å²) < 4.78 is 15.8. The molecule has 7 nitrogen and oxygen atoms in total. The van der Waals surface area contributed by atoms with Gasteiger partial charge in [-0.1, -0.05) is 25.1 Å². The molecule has 1 aromatic heterocycles. The highest BCUT2D eigenvalue weighted by atomic mass is 16.5. The summed E-state index contributed by atoms with van der Waals surface area (Å²) >= 11 is 0. The average Bonchev–Trinajstić information content (AvgIpc) is 2.94. The fourth-order valence-electron chi connectivity index (χ4n) is 2.16. The molecule has 0 aliphatic rings. The zero-order valence-electron chi connectivity index (χ0n) is 15.5. The van der Waals surface area contributed by atoms with Crippen molar-refractivity contribution in [3.63, 3.8) is 0 Å². The summed E-state index contributed by atoms with van der Waals surface area (Å²) in [5.41, 5.74) is 1.96. The van der Waals surface area contributed by atoms with Crippen LogP contribution >= 0.6 is 0 Å². The second kappa shape index (κ2) is 9.03. The van der Waals surface area contributed by atoms with E-state index in [0.717, 1.165) is 11.3 Å². The summed E-state index contributed by atoms with van der Waals surface area (Å²) in [5.74, 6) is 0.653. The van der Waals surface area contributed by atoms with Crippen LogP contribution in [-0.2, 0) is 16.1 Å². The van der Waals surface area contributed by atoms with E-state index in [2.05, 4.69) is 10.5 Å². The fourth-order valence-corrected chi connectivity index (χ4v) is 2.16. The number of aromatic nitrogens is 1. The summed E-state index contributed by atoms with van der Waals surface area (Å²) in [7, 11) is 0. The van der Waals surface area contributed by atoms with E-state index in [1.807, 2.05) is 27.7 Å². The third-order valence-electron chi connectivity index (χ3n) is 3.68. The van der Waals surface area contributed by atoms with Crippen molar-refractivity contribution in [1.82, 2.24) is 10.5 Å². The second-order valence-corrected chi connectivity index (χ2v) is 6.39. The van der Waals surface area contributed by atoms with Crippen LogP contribution in [0.25, 0.3) is 0 Å². The highest BCUT2D eigenvalue weighted by molar-refractivity contribution is 5.91. The van der Waals surface area contributed by atoms with E-state index in [1.165, 1.54) is 0 Å². The summed E-state index contributed by atoms with van der Waals surface area (Å²) in [5, 5.41) is 6.57. The first-order valence-electron chi connectivity index (χ1n) is 8.45. The van der Waals surface area contributed by atoms with Gasteiger partial charge in [0.1, 0.15) is 18.1 Å². The standard InChI is InChI=1S/C19H24N2O5/c1-12(2)9-20-18(22)11-25-19(23)15-6-5-7-16(8-15)24-10-17-13(3)21-26-14(17)4/h5-8,12H,9-11H2,1-4H3,(H,20,22). The molecule has 0 unspecified atom stereocenters. The van der Waals surface area contributed by atoms with Crippen LogP contribution in [0.3, 0.4) is 0 Å². The van der Waals surface area contributed by atoms with Crippen molar-refractivity contribution < 1.29 is 23.6 Å². The Kier molecular flexibility index (Phi) is 6.77. The molecule has 140 valence electrons. The Bertz CT molecular complexity index is 748. The predicted octanol–water partition coefficient (Wildman–Crippen LogP) is 2.80. The number of aryl methyl sites for hydroxylation is 2. The minimum atomic E-state index is -0.576. The van der Waals surface area contributed by atoms with E-state index in [9.17, 15) is 9.59 Å². The van der Waals surface area contributed by atoms with Gasteiger partial charge in [0.2, 0.25) is 0 Å². The van der Waals surface area contributed by atoms with Gasteiger partial charge >= 0.3 is 5.97 Å². The molecule has 0 saturated carbocycles. The van der Waals surface area contributed by atoms with E-state index in [0.29, 0.717) is 29.5 Å². The lowest BCUT2D eigenvalue weighted by Crippen LogP contribution is -2.31. The first-order chi connectivity index (χ1) is 12.4. The molecule has 26 heavy (non-hydrogen) atoms. The molecule has 1 heterocycles. The molecule has 0 aliphatic heterocycles. The fraction of sp³-hybridized carbons (Fsp3) is 0.421. The van der Waals surface area contributed by atoms with Gasteiger partial charge in [-0.05, 0) is 38.0 Å². The Hall–Kier alpha value is -2.83. The van der Waals surface area contributed by atoms with Crippen molar-refractivity contribution in [3.8, 4) is 5.75 Å². The van der Waals surface area contributed by atoms with E-state index < -0.39 is 5.97 Å². The number of esters is 1. The van der Waals surface area contributed by atoms with Crippen LogP contribution in [0, 0.1) is 19.8 Å². The monoisotopic (exact) mass is 360 g/mol. The highest BCUT2D eigenvalue weighted by Crippen LogP contribution is 2.19. The van der Waals surface area contributed by atoms with Crippen molar-refractivity contribution in [2.24, 2.45) is 5.92 Å². The first kappa shape index (κ1) is 19.5. The summed E-state index contributed by atoms with van der Waals surface area (Å²) in [6.07, 6.45) is 0. The van der Waals surface area contributed by atoms with Crippen molar-refractivity contribution >= 4 is 11.9 Å². The molecule has 0 bridgehead atoms. The number of benzene rings is 1. The quantitative estimate of drug-likeness (QED) is 0.728. The summed E-state index contributed by atoms with van der Waals surface area (Å²) in [6, 6.07) is 6.62. The van der Waals surface area contributed by atoms with E-state index >= 15 is 0 Å². The molecule has 1 amide bonds. The zero-order chi connectivity index (χ0) is 19.1. The number of nitrogens with one attached hydrogen (secondary N) is 1. The van der Waals surface area contributed by atoms with Gasteiger partial charge < -0.3 is 19.3 Å². The first-order valence-corrected chi connectivity index (χ1v) is 8.45. The molecule has 0 atom stereocenters. The van der Waals surface area contributed by atoms with Gasteiger partial charge in [0.25, 0.3) is 5.91 Å². The number of amides is 1. The molecular formula is C19H24N2O5. The number of hydrogen-bond acceptors (Lipinski definition) is 6. The maximum atomic E-state index is 12.1. The van der Waals surface area contributed by atoms with E-state index in [-0.39, 0.29) is 19.1 Å². The van der Waals surface area contributed by atoms with Crippen LogP contribution < -0.4 is 10.1 Å². The molecule has 2 aromatic rings. The zero-order valence-corrected chi connectivity index (χ0v) is 15.5. The number of hydrogen-bond donors (Lipinski definition) is 1. The SMILES string of the molecule is Cc1noc(C)c1COc1cccc(C(=O)OCC(=O)NCC(C)C)c1. The topological polar surface area (TPSA) is 90.7 Å². The molecule has 0 radical (unpaired) electrons. The second-order valence-electron chi connectivity index (χ2n) is 6.39. The molecule has 1 aromatic carbocycles. The Labute approximate surface area is 152 Å². The van der Waals surface area contributed by atoms with E-state index in [4.69, 9.17) is 14.0 Å². The van der Waals surface area contributed by atoms with Gasteiger partial charge in [-0.25, -0.2) is 4.79 Å². The van der Waals surface area contributed by atoms with Gasteiger partial charge in [0.05, 0.1) is 16.8 Å². The van der Waals surface area contributed by atoms with E-state index in [1.54, 1.807) is 24.3 Å². The number of ether oxygens (including phenoxy) is 2. The van der Waals surface area contributed by atoms with Crippen molar-refractivity contribution in [2.45, 2.75) is 34.3 Å². The molecule has 0 fully saturated rings. The lowest BCUT2D eigenvalue weighted by Gasteiger charge is -2.09. The summed E-state index contributed by atoms with van der Waals surface area (Å²) in [6.45, 7) is 8.15. The summed E-state index contributed by atoms with van der Waals surface area (Å²) in [4.78, 5) is 23.7. The smallest absolute Gasteiger partial charge is 0.338 e. The molecule has 1 N–H and O–H groups in total. The Morgan fingerprint density at radius 2 is 2.04 bits per heavy atom. The Morgan fingerprint density at radius 1 is 1.27 bits per heavy atom. The highest BCUT2D eigenvalue weighted by Gasteiger charge is 2.13. The van der Waals surface area contributed by atoms with Crippen LogP contribution in [0.5, 0.6) is 5.75 Å². The minimum Gasteiger partial charge on any atom is -0.489 e. The Balaban J connectivity index is 1.89. The largest absolute Gasteiger partial charge is 0.489 e. The minimum absolute atomic E-state index is 0.289. The maximum absolute atomic E-state index is 12.1. The van der Waals surface area contributed by atoms with Crippen LogP contribution in [0.15, 0.2) is 28.8 Å². The molecule has 2 rings (SSSR count). The molecular weight excluding hydrogens is 336 g/mol. The number of carbonyl (C=O) groups is 2. The number of nitrogens with zero attached hydrogens (tertiary/aromatic N) is 1. The van der Waals surface area contributed by atoms with Crippen LogP contribution in [0.4, 0.5) is 0 Å². The van der Waals surface area contributed by atoms with Crippen molar-refractivity contribution in [3.05, 3.63) is 46.8 Å². The predicted molar refractivity (Wildman–Crippen MR) is 94.9 cm³/mol.